The van der Waals surface area contributed by atoms with E-state index in [4.69, 9.17) is 16.3 Å². The van der Waals surface area contributed by atoms with Crippen LogP contribution in [-0.4, -0.2) is 56.6 Å². The lowest BCUT2D eigenvalue weighted by atomic mass is 10.3. The maximum absolute atomic E-state index is 9.41. The van der Waals surface area contributed by atoms with Crippen LogP contribution in [0.1, 0.15) is 0 Å². The zero-order valence-corrected chi connectivity index (χ0v) is 8.71. The Bertz CT molecular complexity index is 114. The predicted molar refractivity (Wildman–Crippen MR) is 49.9 cm³/mol. The average Bonchev–Trinajstić information content (AvgIpc) is 1.84. The molecule has 0 aliphatic carbocycles. The predicted octanol–water partition coefficient (Wildman–Crippen LogP) is 0.471. The van der Waals surface area contributed by atoms with Crippen molar-refractivity contribution in [1.29, 1.82) is 0 Å². The van der Waals surface area contributed by atoms with E-state index in [0.717, 1.165) is 4.48 Å². The Morgan fingerprint density at radius 2 is 2.08 bits per heavy atom. The number of rotatable bonds is 6. The minimum Gasteiger partial charge on any atom is -0.385 e. The quantitative estimate of drug-likeness (QED) is 0.493. The summed E-state index contributed by atoms with van der Waals surface area (Å²) < 4.78 is 5.77. The number of ether oxygens (including phenoxy) is 1. The van der Waals surface area contributed by atoms with E-state index in [9.17, 15) is 5.11 Å². The average molecular weight is 196 g/mol. The fourth-order valence-corrected chi connectivity index (χ4v) is 1.02. The van der Waals surface area contributed by atoms with Crippen molar-refractivity contribution in [3.8, 4) is 0 Å². The van der Waals surface area contributed by atoms with Gasteiger partial charge >= 0.3 is 0 Å². The van der Waals surface area contributed by atoms with Gasteiger partial charge in [-0.2, -0.15) is 0 Å². The monoisotopic (exact) mass is 195 g/mol. The summed E-state index contributed by atoms with van der Waals surface area (Å²) in [6, 6.07) is 0. The van der Waals surface area contributed by atoms with Crippen LogP contribution in [0.3, 0.4) is 0 Å². The van der Waals surface area contributed by atoms with Gasteiger partial charge in [-0.25, -0.2) is 0 Å². The molecule has 0 amide bonds. The van der Waals surface area contributed by atoms with Crippen molar-refractivity contribution in [2.75, 3.05) is 40.9 Å². The van der Waals surface area contributed by atoms with Crippen molar-refractivity contribution in [3.05, 3.63) is 5.88 Å². The van der Waals surface area contributed by atoms with Gasteiger partial charge in [-0.3, -0.25) is 0 Å². The molecule has 3 nitrogen and oxygen atoms in total. The summed E-state index contributed by atoms with van der Waals surface area (Å²) in [7, 11) is 6.07. The molecule has 1 N–H and O–H groups in total. The molecule has 0 aliphatic heterocycles. The minimum atomic E-state index is -0.415. The number of hydrogen-bond donors (Lipinski definition) is 1. The lowest BCUT2D eigenvalue weighted by Crippen LogP contribution is -2.43. The van der Waals surface area contributed by atoms with E-state index < -0.39 is 6.10 Å². The second kappa shape index (κ2) is 5.75. The van der Waals surface area contributed by atoms with E-state index in [-0.39, 0.29) is 0 Å². The highest BCUT2D eigenvalue weighted by molar-refractivity contribution is 6.23. The highest BCUT2D eigenvalue weighted by Gasteiger charge is 2.14. The fraction of sp³-hybridized carbons (Fsp3) is 0.875. The lowest BCUT2D eigenvalue weighted by molar-refractivity contribution is -0.873. The molecule has 73 valence electrons. The van der Waals surface area contributed by atoms with E-state index in [1.807, 2.05) is 21.1 Å². The number of nitrogens with zero attached hydrogens (tertiary/aromatic N) is 1. The van der Waals surface area contributed by atoms with Crippen LogP contribution in [0.2, 0.25) is 0 Å². The van der Waals surface area contributed by atoms with E-state index in [0.29, 0.717) is 19.8 Å². The van der Waals surface area contributed by atoms with Gasteiger partial charge in [-0.05, 0) is 0 Å². The smallest absolute Gasteiger partial charge is 0.126 e. The molecule has 0 saturated heterocycles. The molecule has 0 bridgehead atoms. The number of likely N-dealkylation sites (N-methyl/N-ethyl adjacent to an activating group) is 1. The number of aliphatic hydroxyl groups is 1. The Kier molecular flexibility index (Phi) is 5.84. The molecule has 0 aromatic carbocycles. The van der Waals surface area contributed by atoms with Gasteiger partial charge in [0, 0.05) is 0 Å². The molecule has 1 atom stereocenters. The van der Waals surface area contributed by atoms with E-state index in [2.05, 4.69) is 0 Å². The first-order valence-corrected chi connectivity index (χ1v) is 4.37. The van der Waals surface area contributed by atoms with Gasteiger partial charge in [0.15, 0.2) is 0 Å². The third kappa shape index (κ3) is 8.27. The molecule has 0 aromatic heterocycles. The van der Waals surface area contributed by atoms with Crippen molar-refractivity contribution < 1.29 is 14.3 Å². The topological polar surface area (TPSA) is 29.5 Å². The van der Waals surface area contributed by atoms with Crippen molar-refractivity contribution in [3.63, 3.8) is 0 Å². The standard InChI is InChI=1S/C8H18ClNO2/c1-10(2,3)6-8(11)7-12-5-4-9/h4,8,11H,5-7H2,1-3H3/q+1. The second-order valence-electron chi connectivity index (χ2n) is 3.82. The molecule has 4 heteroatoms. The maximum atomic E-state index is 9.41. The Hall–Kier alpha value is 0.170. The summed E-state index contributed by atoms with van der Waals surface area (Å²) in [5, 5.41) is 9.41. The minimum absolute atomic E-state index is 0.346. The van der Waals surface area contributed by atoms with Crippen LogP contribution in [0.15, 0.2) is 0 Å². The van der Waals surface area contributed by atoms with Crippen molar-refractivity contribution in [1.82, 2.24) is 0 Å². The summed E-state index contributed by atoms with van der Waals surface area (Å²) in [4.78, 5) is 0. The number of halogens is 1. The number of aliphatic hydroxyl groups excluding tert-OH is 1. The first kappa shape index (κ1) is 12.2. The molecule has 12 heavy (non-hydrogen) atoms. The van der Waals surface area contributed by atoms with E-state index in [1.54, 1.807) is 0 Å². The first-order valence-electron chi connectivity index (χ1n) is 3.94. The fourth-order valence-electron chi connectivity index (χ4n) is 0.934. The first-order chi connectivity index (χ1) is 5.45. The Balaban J connectivity index is 3.40. The molecule has 0 aromatic rings. The van der Waals surface area contributed by atoms with Crippen LogP contribution in [0, 0.1) is 5.88 Å². The molecule has 1 unspecified atom stereocenters. The van der Waals surface area contributed by atoms with E-state index in [1.165, 1.54) is 5.88 Å². The summed E-state index contributed by atoms with van der Waals surface area (Å²) >= 11 is 5.28. The summed E-state index contributed by atoms with van der Waals surface area (Å²) in [5.74, 6) is 1.40. The normalized spacial score (nSPS) is 14.8. The van der Waals surface area contributed by atoms with Gasteiger partial charge in [-0.15, -0.1) is 11.6 Å². The third-order valence-electron chi connectivity index (χ3n) is 1.25. The highest BCUT2D eigenvalue weighted by atomic mass is 35.5. The van der Waals surface area contributed by atoms with Crippen molar-refractivity contribution in [2.24, 2.45) is 0 Å². The highest BCUT2D eigenvalue weighted by Crippen LogP contribution is 1.96. The molecule has 0 heterocycles. The second-order valence-corrected chi connectivity index (χ2v) is 4.13. The summed E-state index contributed by atoms with van der Waals surface area (Å²) in [5.41, 5.74) is 0. The Labute approximate surface area is 79.5 Å². The van der Waals surface area contributed by atoms with Crippen molar-refractivity contribution in [2.45, 2.75) is 6.10 Å². The molecular weight excluding hydrogens is 178 g/mol. The van der Waals surface area contributed by atoms with Crippen molar-refractivity contribution >= 4 is 11.6 Å². The molecule has 0 fully saturated rings. The van der Waals surface area contributed by atoms with Gasteiger partial charge in [0.05, 0.1) is 40.2 Å². The Morgan fingerprint density at radius 3 is 2.50 bits per heavy atom. The molecule has 0 spiro atoms. The van der Waals surface area contributed by atoms with Crippen LogP contribution in [0.4, 0.5) is 0 Å². The summed E-state index contributed by atoms with van der Waals surface area (Å²) in [6.07, 6.45) is -0.415. The van der Waals surface area contributed by atoms with Gasteiger partial charge in [0.1, 0.15) is 12.6 Å². The maximum Gasteiger partial charge on any atom is 0.126 e. The van der Waals surface area contributed by atoms with Gasteiger partial charge < -0.3 is 14.3 Å². The lowest BCUT2D eigenvalue weighted by Gasteiger charge is -2.26. The van der Waals surface area contributed by atoms with Crippen LogP contribution >= 0.6 is 11.6 Å². The zero-order valence-electron chi connectivity index (χ0n) is 7.96. The molecule has 1 radical (unpaired) electrons. The largest absolute Gasteiger partial charge is 0.385 e. The van der Waals surface area contributed by atoms with Gasteiger partial charge in [0.25, 0.3) is 0 Å². The van der Waals surface area contributed by atoms with Crippen LogP contribution in [0.5, 0.6) is 0 Å². The third-order valence-corrected chi connectivity index (χ3v) is 1.38. The van der Waals surface area contributed by atoms with E-state index >= 15 is 0 Å². The molecule has 0 aliphatic rings. The number of quaternary nitrogens is 1. The molecule has 0 rings (SSSR count). The Morgan fingerprint density at radius 1 is 1.50 bits per heavy atom. The zero-order chi connectivity index (χ0) is 9.61. The van der Waals surface area contributed by atoms with Crippen LogP contribution < -0.4 is 0 Å². The SMILES string of the molecule is C[N+](C)(C)CC(O)COC[CH]Cl. The van der Waals surface area contributed by atoms with Gasteiger partial charge in [0.2, 0.25) is 0 Å². The number of hydrogen-bond acceptors (Lipinski definition) is 2. The molecule has 0 saturated carbocycles. The van der Waals surface area contributed by atoms with Crippen LogP contribution in [-0.2, 0) is 4.74 Å². The molecular formula is C8H18ClNO2+. The van der Waals surface area contributed by atoms with Crippen LogP contribution in [0.25, 0.3) is 0 Å². The van der Waals surface area contributed by atoms with Gasteiger partial charge in [-0.1, -0.05) is 0 Å². The summed E-state index contributed by atoms with van der Waals surface area (Å²) in [6.45, 7) is 1.41.